The summed E-state index contributed by atoms with van der Waals surface area (Å²) in [5.74, 6) is -0.108. The molecule has 3 rings (SSSR count). The van der Waals surface area contributed by atoms with Crippen LogP contribution in [0.2, 0.25) is 0 Å². The Balaban J connectivity index is 1.84. The molecule has 1 aromatic carbocycles. The van der Waals surface area contributed by atoms with Gasteiger partial charge in [0.25, 0.3) is 0 Å². The van der Waals surface area contributed by atoms with E-state index in [1.54, 1.807) is 23.0 Å². The molecule has 124 valence electrons. The molecule has 24 heavy (non-hydrogen) atoms. The molecule has 0 spiro atoms. The fourth-order valence-electron chi connectivity index (χ4n) is 2.84. The minimum absolute atomic E-state index is 0.0245. The Morgan fingerprint density at radius 1 is 1.33 bits per heavy atom. The largest absolute Gasteiger partial charge is 0.348 e. The lowest BCUT2D eigenvalue weighted by Crippen LogP contribution is -2.31. The first-order chi connectivity index (χ1) is 11.5. The van der Waals surface area contributed by atoms with Crippen LogP contribution in [0.25, 0.3) is 10.9 Å². The number of amides is 1. The maximum Gasteiger partial charge on any atom is 0.240 e. The molecular weight excluding hydrogens is 304 g/mol. The molecule has 2 heterocycles. The summed E-state index contributed by atoms with van der Waals surface area (Å²) in [5, 5.41) is 7.71. The number of nitrogens with one attached hydrogen (secondary N) is 1. The molecule has 1 atom stereocenters. The number of nitrogens with zero attached hydrogens (tertiary/aromatic N) is 3. The van der Waals surface area contributed by atoms with Gasteiger partial charge in [0.15, 0.2) is 5.43 Å². The molecule has 0 aliphatic heterocycles. The first-order valence-electron chi connectivity index (χ1n) is 7.83. The van der Waals surface area contributed by atoms with E-state index in [-0.39, 0.29) is 23.9 Å². The molecule has 3 aromatic rings. The average molecular weight is 324 g/mol. The van der Waals surface area contributed by atoms with Crippen molar-refractivity contribution in [3.63, 3.8) is 0 Å². The van der Waals surface area contributed by atoms with Gasteiger partial charge in [-0.1, -0.05) is 12.1 Å². The van der Waals surface area contributed by atoms with Gasteiger partial charge < -0.3 is 9.88 Å². The van der Waals surface area contributed by atoms with E-state index >= 15 is 0 Å². The van der Waals surface area contributed by atoms with Gasteiger partial charge in [0.2, 0.25) is 5.91 Å². The molecule has 0 fully saturated rings. The Kier molecular flexibility index (Phi) is 4.20. The van der Waals surface area contributed by atoms with Crippen molar-refractivity contribution in [2.75, 3.05) is 0 Å². The van der Waals surface area contributed by atoms with Gasteiger partial charge in [0.05, 0.1) is 17.8 Å². The number of carbonyl (C=O) groups excluding carboxylic acids is 1. The lowest BCUT2D eigenvalue weighted by atomic mass is 10.1. The Bertz CT molecular complexity index is 955. The van der Waals surface area contributed by atoms with Crippen LogP contribution in [0.3, 0.4) is 0 Å². The van der Waals surface area contributed by atoms with E-state index < -0.39 is 0 Å². The van der Waals surface area contributed by atoms with Gasteiger partial charge in [-0.25, -0.2) is 0 Å². The van der Waals surface area contributed by atoms with Crippen LogP contribution >= 0.6 is 0 Å². The summed E-state index contributed by atoms with van der Waals surface area (Å²) >= 11 is 0. The van der Waals surface area contributed by atoms with Gasteiger partial charge >= 0.3 is 0 Å². The quantitative estimate of drug-likeness (QED) is 0.797. The first kappa shape index (κ1) is 16.0. The van der Waals surface area contributed by atoms with Gasteiger partial charge in [-0.2, -0.15) is 5.10 Å². The van der Waals surface area contributed by atoms with E-state index in [1.807, 2.05) is 49.9 Å². The van der Waals surface area contributed by atoms with Gasteiger partial charge in [-0.05, 0) is 26.0 Å². The summed E-state index contributed by atoms with van der Waals surface area (Å²) in [6, 6.07) is 8.78. The van der Waals surface area contributed by atoms with Crippen LogP contribution in [-0.4, -0.2) is 20.3 Å². The molecule has 2 aromatic heterocycles. The molecule has 0 saturated heterocycles. The van der Waals surface area contributed by atoms with Gasteiger partial charge in [0, 0.05) is 36.0 Å². The number of para-hydroxylation sites is 1. The predicted molar refractivity (Wildman–Crippen MR) is 92.7 cm³/mol. The van der Waals surface area contributed by atoms with Gasteiger partial charge in [-0.15, -0.1) is 0 Å². The van der Waals surface area contributed by atoms with Crippen molar-refractivity contribution >= 4 is 16.8 Å². The summed E-state index contributed by atoms with van der Waals surface area (Å²) in [5.41, 5.74) is 2.46. The third-order valence-corrected chi connectivity index (χ3v) is 4.13. The second kappa shape index (κ2) is 6.31. The zero-order valence-corrected chi connectivity index (χ0v) is 14.0. The average Bonchev–Trinajstić information content (AvgIpc) is 2.98. The molecule has 0 unspecified atom stereocenters. The molecule has 1 amide bonds. The predicted octanol–water partition coefficient (Wildman–Crippen LogP) is 1.92. The number of pyridine rings is 1. The molecule has 0 saturated carbocycles. The number of rotatable bonds is 4. The molecule has 6 nitrogen and oxygen atoms in total. The van der Waals surface area contributed by atoms with Crippen molar-refractivity contribution < 1.29 is 4.79 Å². The maximum absolute atomic E-state index is 12.4. The number of benzene rings is 1. The van der Waals surface area contributed by atoms with Crippen molar-refractivity contribution in [2.45, 2.75) is 26.4 Å². The Morgan fingerprint density at radius 3 is 2.79 bits per heavy atom. The zero-order chi connectivity index (χ0) is 17.3. The lowest BCUT2D eigenvalue weighted by molar-refractivity contribution is -0.122. The fourth-order valence-corrected chi connectivity index (χ4v) is 2.84. The molecule has 0 radical (unpaired) electrons. The second-order valence-corrected chi connectivity index (χ2v) is 5.99. The summed E-state index contributed by atoms with van der Waals surface area (Å²) in [4.78, 5) is 24.5. The van der Waals surface area contributed by atoms with Crippen LogP contribution in [0.15, 0.2) is 47.5 Å². The highest BCUT2D eigenvalue weighted by Gasteiger charge is 2.14. The van der Waals surface area contributed by atoms with Crippen molar-refractivity contribution in [1.29, 1.82) is 0 Å². The highest BCUT2D eigenvalue weighted by atomic mass is 16.2. The smallest absolute Gasteiger partial charge is 0.240 e. The summed E-state index contributed by atoms with van der Waals surface area (Å²) in [7, 11) is 1.84. The van der Waals surface area contributed by atoms with Crippen molar-refractivity contribution in [2.24, 2.45) is 7.05 Å². The summed E-state index contributed by atoms with van der Waals surface area (Å²) < 4.78 is 3.57. The Morgan fingerprint density at radius 2 is 2.08 bits per heavy atom. The standard InChI is InChI=1S/C18H20N4O2/c1-12-8-17(23)15-6-4-5-7-16(15)22(12)11-18(24)20-13(2)14-9-19-21(3)10-14/h4-10,13H,11H2,1-3H3,(H,20,24)/t13-/m1/s1. The SMILES string of the molecule is Cc1cc(=O)c2ccccc2n1CC(=O)N[C@H](C)c1cnn(C)c1. The molecule has 0 bridgehead atoms. The van der Waals surface area contributed by atoms with Crippen LogP contribution in [-0.2, 0) is 18.4 Å². The van der Waals surface area contributed by atoms with E-state index in [0.29, 0.717) is 5.39 Å². The minimum atomic E-state index is -0.128. The monoisotopic (exact) mass is 324 g/mol. The van der Waals surface area contributed by atoms with E-state index in [4.69, 9.17) is 0 Å². The second-order valence-electron chi connectivity index (χ2n) is 5.99. The Labute approximate surface area is 139 Å². The fraction of sp³-hybridized carbons (Fsp3) is 0.278. The number of fused-ring (bicyclic) bond motifs is 1. The topological polar surface area (TPSA) is 68.9 Å². The highest BCUT2D eigenvalue weighted by molar-refractivity contribution is 5.82. The van der Waals surface area contributed by atoms with Crippen molar-refractivity contribution in [3.8, 4) is 0 Å². The van der Waals surface area contributed by atoms with Crippen LogP contribution in [0.1, 0.15) is 24.2 Å². The number of aromatic nitrogens is 3. The molecule has 1 N–H and O–H groups in total. The van der Waals surface area contributed by atoms with Crippen LogP contribution < -0.4 is 10.7 Å². The number of hydrogen-bond donors (Lipinski definition) is 1. The minimum Gasteiger partial charge on any atom is -0.348 e. The lowest BCUT2D eigenvalue weighted by Gasteiger charge is -2.17. The van der Waals surface area contributed by atoms with Gasteiger partial charge in [-0.3, -0.25) is 14.3 Å². The van der Waals surface area contributed by atoms with Crippen LogP contribution in [0, 0.1) is 6.92 Å². The molecule has 6 heteroatoms. The third-order valence-electron chi connectivity index (χ3n) is 4.13. The van der Waals surface area contributed by atoms with E-state index in [1.165, 1.54) is 0 Å². The third kappa shape index (κ3) is 3.08. The number of aryl methyl sites for hydroxylation is 2. The van der Waals surface area contributed by atoms with Gasteiger partial charge in [0.1, 0.15) is 6.54 Å². The summed E-state index contributed by atoms with van der Waals surface area (Å²) in [6.45, 7) is 3.92. The first-order valence-corrected chi connectivity index (χ1v) is 7.83. The maximum atomic E-state index is 12.4. The molecule has 0 aliphatic carbocycles. The number of hydrogen-bond acceptors (Lipinski definition) is 3. The Hall–Kier alpha value is -2.89. The molecular formula is C18H20N4O2. The highest BCUT2D eigenvalue weighted by Crippen LogP contribution is 2.14. The normalized spacial score (nSPS) is 12.3. The summed E-state index contributed by atoms with van der Waals surface area (Å²) in [6.07, 6.45) is 3.62. The number of carbonyl (C=O) groups is 1. The van der Waals surface area contributed by atoms with E-state index in [0.717, 1.165) is 16.8 Å². The van der Waals surface area contributed by atoms with Crippen molar-refractivity contribution in [3.05, 3.63) is 64.2 Å². The van der Waals surface area contributed by atoms with Crippen molar-refractivity contribution in [1.82, 2.24) is 19.7 Å². The van der Waals surface area contributed by atoms with E-state index in [2.05, 4.69) is 10.4 Å². The molecule has 0 aliphatic rings. The van der Waals surface area contributed by atoms with Crippen LogP contribution in [0.5, 0.6) is 0 Å². The van der Waals surface area contributed by atoms with Crippen LogP contribution in [0.4, 0.5) is 0 Å². The van der Waals surface area contributed by atoms with E-state index in [9.17, 15) is 9.59 Å². The zero-order valence-electron chi connectivity index (χ0n) is 14.0.